The van der Waals surface area contributed by atoms with E-state index in [1.165, 1.54) is 0 Å². The monoisotopic (exact) mass is 300 g/mol. The second-order valence-electron chi connectivity index (χ2n) is 4.58. The van der Waals surface area contributed by atoms with Gasteiger partial charge in [0, 0.05) is 37.6 Å². The first-order chi connectivity index (χ1) is 8.00. The van der Waals surface area contributed by atoms with E-state index in [-0.39, 0.29) is 0 Å². The Morgan fingerprint density at radius 2 is 1.71 bits per heavy atom. The van der Waals surface area contributed by atoms with E-state index in [2.05, 4.69) is 63.8 Å². The minimum absolute atomic E-state index is 0.558. The lowest BCUT2D eigenvalue weighted by Crippen LogP contribution is -2.40. The summed E-state index contributed by atoms with van der Waals surface area (Å²) in [5, 5.41) is 3.23. The van der Waals surface area contributed by atoms with Crippen LogP contribution in [0, 0.1) is 0 Å². The zero-order valence-corrected chi connectivity index (χ0v) is 12.5. The van der Waals surface area contributed by atoms with Gasteiger partial charge in [-0.25, -0.2) is 9.97 Å². The molecule has 1 heterocycles. The highest BCUT2D eigenvalue weighted by Crippen LogP contribution is 2.07. The van der Waals surface area contributed by atoms with Gasteiger partial charge in [0.1, 0.15) is 0 Å². The lowest BCUT2D eigenvalue weighted by Gasteiger charge is -2.30. The number of rotatable bonds is 6. The van der Waals surface area contributed by atoms with E-state index in [0.29, 0.717) is 18.0 Å². The molecule has 0 unspecified atom stereocenters. The highest BCUT2D eigenvalue weighted by atomic mass is 79.9. The summed E-state index contributed by atoms with van der Waals surface area (Å²) in [6, 6.07) is 1.12. The molecular weight excluding hydrogens is 280 g/mol. The second kappa shape index (κ2) is 6.91. The fraction of sp³-hybridized carbons (Fsp3) is 0.667. The summed E-state index contributed by atoms with van der Waals surface area (Å²) in [7, 11) is 0. The van der Waals surface area contributed by atoms with Crippen LogP contribution < -0.4 is 5.32 Å². The van der Waals surface area contributed by atoms with Gasteiger partial charge in [0.05, 0.1) is 4.47 Å². The Balaban J connectivity index is 2.38. The molecule has 1 aromatic rings. The van der Waals surface area contributed by atoms with Crippen molar-refractivity contribution in [3.8, 4) is 0 Å². The molecule has 0 saturated carbocycles. The molecule has 0 atom stereocenters. The molecule has 5 heteroatoms. The molecule has 17 heavy (non-hydrogen) atoms. The smallest absolute Gasteiger partial charge is 0.222 e. The van der Waals surface area contributed by atoms with E-state index < -0.39 is 0 Å². The summed E-state index contributed by atoms with van der Waals surface area (Å²) in [4.78, 5) is 10.8. The molecular formula is C12H21BrN4. The van der Waals surface area contributed by atoms with Crippen molar-refractivity contribution in [3.05, 3.63) is 16.9 Å². The van der Waals surface area contributed by atoms with Gasteiger partial charge in [-0.15, -0.1) is 0 Å². The number of hydrogen-bond donors (Lipinski definition) is 1. The van der Waals surface area contributed by atoms with Gasteiger partial charge in [-0.05, 0) is 43.6 Å². The molecule has 0 fully saturated rings. The molecule has 0 aliphatic rings. The van der Waals surface area contributed by atoms with E-state index >= 15 is 0 Å². The van der Waals surface area contributed by atoms with Gasteiger partial charge in [-0.3, -0.25) is 4.90 Å². The maximum absolute atomic E-state index is 4.18. The average molecular weight is 301 g/mol. The topological polar surface area (TPSA) is 41.0 Å². The van der Waals surface area contributed by atoms with Crippen molar-refractivity contribution in [1.29, 1.82) is 0 Å². The van der Waals surface area contributed by atoms with Crippen LogP contribution in [-0.2, 0) is 0 Å². The normalized spacial score (nSPS) is 11.5. The van der Waals surface area contributed by atoms with E-state index in [9.17, 15) is 0 Å². The van der Waals surface area contributed by atoms with Gasteiger partial charge >= 0.3 is 0 Å². The zero-order chi connectivity index (χ0) is 12.8. The third-order valence-corrected chi connectivity index (χ3v) is 3.01. The quantitative estimate of drug-likeness (QED) is 0.877. The summed E-state index contributed by atoms with van der Waals surface area (Å²) in [5.74, 6) is 0.681. The summed E-state index contributed by atoms with van der Waals surface area (Å²) in [6.45, 7) is 10.7. The molecule has 96 valence electrons. The minimum Gasteiger partial charge on any atom is -0.353 e. The van der Waals surface area contributed by atoms with Crippen LogP contribution >= 0.6 is 15.9 Å². The number of nitrogens with one attached hydrogen (secondary N) is 1. The maximum Gasteiger partial charge on any atom is 0.222 e. The predicted octanol–water partition coefficient (Wildman–Crippen LogP) is 2.77. The lowest BCUT2D eigenvalue weighted by molar-refractivity contribution is 0.182. The van der Waals surface area contributed by atoms with Crippen molar-refractivity contribution in [3.63, 3.8) is 0 Å². The Bertz CT molecular complexity index is 316. The van der Waals surface area contributed by atoms with Crippen molar-refractivity contribution < 1.29 is 0 Å². The Hall–Kier alpha value is -0.680. The van der Waals surface area contributed by atoms with E-state index in [4.69, 9.17) is 0 Å². The highest BCUT2D eigenvalue weighted by molar-refractivity contribution is 9.10. The minimum atomic E-state index is 0.558. The van der Waals surface area contributed by atoms with Crippen LogP contribution in [0.5, 0.6) is 0 Å². The first-order valence-corrected chi connectivity index (χ1v) is 6.77. The molecule has 0 bridgehead atoms. The van der Waals surface area contributed by atoms with Crippen LogP contribution in [0.15, 0.2) is 16.9 Å². The number of hydrogen-bond acceptors (Lipinski definition) is 4. The maximum atomic E-state index is 4.18. The number of nitrogens with zero attached hydrogens (tertiary/aromatic N) is 3. The zero-order valence-electron chi connectivity index (χ0n) is 10.9. The third kappa shape index (κ3) is 5.00. The van der Waals surface area contributed by atoms with Gasteiger partial charge in [0.2, 0.25) is 5.95 Å². The average Bonchev–Trinajstić information content (AvgIpc) is 2.25. The van der Waals surface area contributed by atoms with Crippen LogP contribution in [0.2, 0.25) is 0 Å². The predicted molar refractivity (Wildman–Crippen MR) is 75.2 cm³/mol. The Labute approximate surface area is 112 Å². The fourth-order valence-electron chi connectivity index (χ4n) is 1.81. The first-order valence-electron chi connectivity index (χ1n) is 5.98. The van der Waals surface area contributed by atoms with Gasteiger partial charge in [0.25, 0.3) is 0 Å². The largest absolute Gasteiger partial charge is 0.353 e. The van der Waals surface area contributed by atoms with Crippen LogP contribution in [0.1, 0.15) is 27.7 Å². The SMILES string of the molecule is CC(C)N(CCNc1ncc(Br)cn1)C(C)C. The van der Waals surface area contributed by atoms with E-state index in [1.807, 2.05) is 0 Å². The van der Waals surface area contributed by atoms with Gasteiger partial charge < -0.3 is 5.32 Å². The number of aromatic nitrogens is 2. The van der Waals surface area contributed by atoms with Crippen molar-refractivity contribution >= 4 is 21.9 Å². The fourth-order valence-corrected chi connectivity index (χ4v) is 2.02. The van der Waals surface area contributed by atoms with Gasteiger partial charge in [0.15, 0.2) is 0 Å². The summed E-state index contributed by atoms with van der Waals surface area (Å²) in [6.07, 6.45) is 3.50. The van der Waals surface area contributed by atoms with E-state index in [1.54, 1.807) is 12.4 Å². The third-order valence-electron chi connectivity index (χ3n) is 2.60. The van der Waals surface area contributed by atoms with Crippen molar-refractivity contribution in [2.75, 3.05) is 18.4 Å². The molecule has 0 spiro atoms. The van der Waals surface area contributed by atoms with Gasteiger partial charge in [-0.1, -0.05) is 0 Å². The Kier molecular flexibility index (Phi) is 5.85. The van der Waals surface area contributed by atoms with E-state index in [0.717, 1.165) is 17.6 Å². The molecule has 0 aliphatic carbocycles. The molecule has 0 saturated heterocycles. The van der Waals surface area contributed by atoms with Gasteiger partial charge in [-0.2, -0.15) is 0 Å². The number of halogens is 1. The lowest BCUT2D eigenvalue weighted by atomic mass is 10.2. The Morgan fingerprint density at radius 3 is 2.18 bits per heavy atom. The molecule has 0 aromatic carbocycles. The van der Waals surface area contributed by atoms with Crippen molar-refractivity contribution in [1.82, 2.24) is 14.9 Å². The molecule has 0 radical (unpaired) electrons. The van der Waals surface area contributed by atoms with Crippen molar-refractivity contribution in [2.45, 2.75) is 39.8 Å². The summed E-state index contributed by atoms with van der Waals surface area (Å²) in [5.41, 5.74) is 0. The molecule has 1 rings (SSSR count). The summed E-state index contributed by atoms with van der Waals surface area (Å²) < 4.78 is 0.897. The molecule has 1 N–H and O–H groups in total. The molecule has 1 aromatic heterocycles. The van der Waals surface area contributed by atoms with Crippen LogP contribution in [0.3, 0.4) is 0 Å². The standard InChI is InChI=1S/C12H21BrN4/c1-9(2)17(10(3)4)6-5-14-12-15-7-11(13)8-16-12/h7-10H,5-6H2,1-4H3,(H,14,15,16). The summed E-state index contributed by atoms with van der Waals surface area (Å²) >= 11 is 3.31. The molecule has 0 amide bonds. The highest BCUT2D eigenvalue weighted by Gasteiger charge is 2.12. The Morgan fingerprint density at radius 1 is 1.18 bits per heavy atom. The molecule has 4 nitrogen and oxygen atoms in total. The van der Waals surface area contributed by atoms with Crippen molar-refractivity contribution in [2.24, 2.45) is 0 Å². The second-order valence-corrected chi connectivity index (χ2v) is 5.49. The van der Waals surface area contributed by atoms with Crippen LogP contribution in [-0.4, -0.2) is 40.0 Å². The molecule has 0 aliphatic heterocycles. The number of anilines is 1. The first kappa shape index (κ1) is 14.4. The van der Waals surface area contributed by atoms with Crippen LogP contribution in [0.4, 0.5) is 5.95 Å². The van der Waals surface area contributed by atoms with Crippen LogP contribution in [0.25, 0.3) is 0 Å².